The summed E-state index contributed by atoms with van der Waals surface area (Å²) in [6.07, 6.45) is 3.90. The smallest absolute Gasteiger partial charge is 0.193 e. The van der Waals surface area contributed by atoms with Crippen LogP contribution in [0.2, 0.25) is 0 Å². The van der Waals surface area contributed by atoms with Crippen molar-refractivity contribution in [3.05, 3.63) is 35.9 Å². The number of hydrogen-bond acceptors (Lipinski definition) is 2. The van der Waals surface area contributed by atoms with Crippen molar-refractivity contribution in [3.63, 3.8) is 0 Å². The molecule has 0 atom stereocenters. The van der Waals surface area contributed by atoms with Crippen molar-refractivity contribution in [1.29, 1.82) is 0 Å². The first-order valence-corrected chi connectivity index (χ1v) is 8.33. The van der Waals surface area contributed by atoms with Crippen LogP contribution in [0, 0.1) is 5.92 Å². The number of guanidine groups is 1. The van der Waals surface area contributed by atoms with E-state index in [1.807, 2.05) is 7.05 Å². The molecule has 1 saturated heterocycles. The zero-order valence-corrected chi connectivity index (χ0v) is 17.0. The van der Waals surface area contributed by atoms with Gasteiger partial charge in [0.1, 0.15) is 0 Å². The maximum absolute atomic E-state index is 4.40. The lowest BCUT2D eigenvalue weighted by Crippen LogP contribution is -2.40. The van der Waals surface area contributed by atoms with Crippen LogP contribution in [0.5, 0.6) is 0 Å². The highest BCUT2D eigenvalue weighted by Gasteiger charge is 2.16. The van der Waals surface area contributed by atoms with Crippen LogP contribution in [-0.4, -0.2) is 56.5 Å². The van der Waals surface area contributed by atoms with Crippen molar-refractivity contribution in [1.82, 2.24) is 15.1 Å². The second-order valence-corrected chi connectivity index (χ2v) is 6.35. The molecule has 1 heterocycles. The van der Waals surface area contributed by atoms with Gasteiger partial charge in [0.15, 0.2) is 5.96 Å². The van der Waals surface area contributed by atoms with E-state index in [0.29, 0.717) is 0 Å². The Balaban J connectivity index is 0.00000264. The Bertz CT molecular complexity index is 455. The van der Waals surface area contributed by atoms with Crippen molar-refractivity contribution in [2.24, 2.45) is 10.9 Å². The third kappa shape index (κ3) is 7.08. The molecule has 2 rings (SSSR count). The topological polar surface area (TPSA) is 30.9 Å². The maximum Gasteiger partial charge on any atom is 0.193 e. The van der Waals surface area contributed by atoms with Crippen molar-refractivity contribution in [3.8, 4) is 0 Å². The van der Waals surface area contributed by atoms with Gasteiger partial charge in [-0.3, -0.25) is 4.99 Å². The first-order chi connectivity index (χ1) is 10.7. The van der Waals surface area contributed by atoms with E-state index in [-0.39, 0.29) is 24.0 Å². The molecule has 1 aliphatic rings. The van der Waals surface area contributed by atoms with Gasteiger partial charge < -0.3 is 15.1 Å². The SMILES string of the molecule is CN=C(NCCC1CCN(C)CC1)N(C)Cc1ccccc1.I. The van der Waals surface area contributed by atoms with Crippen molar-refractivity contribution >= 4 is 29.9 Å². The van der Waals surface area contributed by atoms with Gasteiger partial charge in [-0.15, -0.1) is 24.0 Å². The second kappa shape index (κ2) is 10.9. The maximum atomic E-state index is 4.40. The van der Waals surface area contributed by atoms with Gasteiger partial charge in [-0.25, -0.2) is 0 Å². The Morgan fingerprint density at radius 1 is 1.26 bits per heavy atom. The van der Waals surface area contributed by atoms with Crippen molar-refractivity contribution in [2.75, 3.05) is 40.8 Å². The number of halogens is 1. The molecule has 1 aliphatic heterocycles. The summed E-state index contributed by atoms with van der Waals surface area (Å²) in [5, 5.41) is 3.51. The number of benzene rings is 1. The van der Waals surface area contributed by atoms with Crippen LogP contribution < -0.4 is 5.32 Å². The summed E-state index contributed by atoms with van der Waals surface area (Å²) < 4.78 is 0. The Labute approximate surface area is 158 Å². The first-order valence-electron chi connectivity index (χ1n) is 8.33. The van der Waals surface area contributed by atoms with Gasteiger partial charge in [-0.2, -0.15) is 0 Å². The number of rotatable bonds is 5. The molecule has 130 valence electrons. The standard InChI is InChI=1S/C18H30N4.HI/c1-19-18(22(3)15-17-7-5-4-6-8-17)20-12-9-16-10-13-21(2)14-11-16;/h4-8,16H,9-15H2,1-3H3,(H,19,20);1H. The van der Waals surface area contributed by atoms with E-state index in [1.54, 1.807) is 0 Å². The summed E-state index contributed by atoms with van der Waals surface area (Å²) in [5.41, 5.74) is 1.31. The molecule has 0 radical (unpaired) electrons. The minimum Gasteiger partial charge on any atom is -0.356 e. The summed E-state index contributed by atoms with van der Waals surface area (Å²) in [5.74, 6) is 1.85. The largest absolute Gasteiger partial charge is 0.356 e. The number of aliphatic imine (C=N–C) groups is 1. The fourth-order valence-corrected chi connectivity index (χ4v) is 3.06. The molecule has 0 spiro atoms. The number of piperidine rings is 1. The zero-order valence-electron chi connectivity index (χ0n) is 14.7. The van der Waals surface area contributed by atoms with Gasteiger partial charge in [0.05, 0.1) is 0 Å². The van der Waals surface area contributed by atoms with Gasteiger partial charge in [0.25, 0.3) is 0 Å². The summed E-state index contributed by atoms with van der Waals surface area (Å²) in [6.45, 7) is 4.38. The monoisotopic (exact) mass is 430 g/mol. The van der Waals surface area contributed by atoms with E-state index in [9.17, 15) is 0 Å². The molecule has 0 aliphatic carbocycles. The number of hydrogen-bond donors (Lipinski definition) is 1. The zero-order chi connectivity index (χ0) is 15.8. The van der Waals surface area contributed by atoms with E-state index < -0.39 is 0 Å². The van der Waals surface area contributed by atoms with Crippen LogP contribution in [0.3, 0.4) is 0 Å². The van der Waals surface area contributed by atoms with E-state index in [0.717, 1.165) is 25.0 Å². The van der Waals surface area contributed by atoms with Gasteiger partial charge in [0.2, 0.25) is 0 Å². The molecule has 0 unspecified atom stereocenters. The average Bonchev–Trinajstić information content (AvgIpc) is 2.54. The molecule has 1 aromatic rings. The van der Waals surface area contributed by atoms with Crippen LogP contribution >= 0.6 is 24.0 Å². The molecule has 23 heavy (non-hydrogen) atoms. The quantitative estimate of drug-likeness (QED) is 0.443. The van der Waals surface area contributed by atoms with Crippen LogP contribution in [0.4, 0.5) is 0 Å². The van der Waals surface area contributed by atoms with Crippen LogP contribution in [0.15, 0.2) is 35.3 Å². The second-order valence-electron chi connectivity index (χ2n) is 6.35. The molecule has 4 nitrogen and oxygen atoms in total. The highest BCUT2D eigenvalue weighted by atomic mass is 127. The van der Waals surface area contributed by atoms with Crippen molar-refractivity contribution in [2.45, 2.75) is 25.8 Å². The third-order valence-corrected chi connectivity index (χ3v) is 4.51. The number of nitrogens with one attached hydrogen (secondary N) is 1. The van der Waals surface area contributed by atoms with E-state index >= 15 is 0 Å². The van der Waals surface area contributed by atoms with Crippen LogP contribution in [-0.2, 0) is 6.54 Å². The van der Waals surface area contributed by atoms with Gasteiger partial charge in [-0.05, 0) is 50.9 Å². The molecule has 1 fully saturated rings. The highest BCUT2D eigenvalue weighted by Crippen LogP contribution is 2.18. The van der Waals surface area contributed by atoms with E-state index in [1.165, 1.54) is 37.9 Å². The predicted molar refractivity (Wildman–Crippen MR) is 110 cm³/mol. The summed E-state index contributed by atoms with van der Waals surface area (Å²) in [6, 6.07) is 10.5. The number of likely N-dealkylation sites (tertiary alicyclic amines) is 1. The lowest BCUT2D eigenvalue weighted by atomic mass is 9.94. The average molecular weight is 430 g/mol. The normalized spacial score (nSPS) is 16.7. The first kappa shape index (κ1) is 20.2. The molecule has 0 saturated carbocycles. The summed E-state index contributed by atoms with van der Waals surface area (Å²) in [4.78, 5) is 9.01. The molecule has 1 aromatic carbocycles. The fourth-order valence-electron chi connectivity index (χ4n) is 3.06. The Kier molecular flexibility index (Phi) is 9.55. The molecule has 1 N–H and O–H groups in total. The van der Waals surface area contributed by atoms with Gasteiger partial charge >= 0.3 is 0 Å². The minimum atomic E-state index is 0. The summed E-state index contributed by atoms with van der Waals surface area (Å²) in [7, 11) is 6.17. The molecule has 0 amide bonds. The number of nitrogens with zero attached hydrogens (tertiary/aromatic N) is 3. The predicted octanol–water partition coefficient (Wildman–Crippen LogP) is 3.04. The van der Waals surface area contributed by atoms with Crippen LogP contribution in [0.1, 0.15) is 24.8 Å². The fraction of sp³-hybridized carbons (Fsp3) is 0.611. The lowest BCUT2D eigenvalue weighted by Gasteiger charge is -2.29. The summed E-state index contributed by atoms with van der Waals surface area (Å²) >= 11 is 0. The Hall–Kier alpha value is -0.820. The molecular formula is C18H31IN4. The van der Waals surface area contributed by atoms with E-state index in [4.69, 9.17) is 0 Å². The molecule has 0 bridgehead atoms. The Morgan fingerprint density at radius 3 is 2.52 bits per heavy atom. The van der Waals surface area contributed by atoms with Gasteiger partial charge in [0, 0.05) is 27.2 Å². The minimum absolute atomic E-state index is 0. The molecule has 0 aromatic heterocycles. The third-order valence-electron chi connectivity index (χ3n) is 4.51. The molecule has 5 heteroatoms. The van der Waals surface area contributed by atoms with Crippen LogP contribution in [0.25, 0.3) is 0 Å². The lowest BCUT2D eigenvalue weighted by molar-refractivity contribution is 0.212. The Morgan fingerprint density at radius 2 is 1.91 bits per heavy atom. The molecular weight excluding hydrogens is 399 g/mol. The van der Waals surface area contributed by atoms with E-state index in [2.05, 4.69) is 64.5 Å². The van der Waals surface area contributed by atoms with Gasteiger partial charge in [-0.1, -0.05) is 30.3 Å². The highest BCUT2D eigenvalue weighted by molar-refractivity contribution is 14.0. The van der Waals surface area contributed by atoms with Crippen molar-refractivity contribution < 1.29 is 0 Å².